The van der Waals surface area contributed by atoms with Gasteiger partial charge in [0.1, 0.15) is 5.75 Å². The van der Waals surface area contributed by atoms with E-state index in [0.717, 1.165) is 14.8 Å². The van der Waals surface area contributed by atoms with Gasteiger partial charge in [-0.3, -0.25) is 0 Å². The highest BCUT2D eigenvalue weighted by Gasteiger charge is 2.50. The number of phenols is 1. The average molecular weight is 598 g/mol. The molecule has 0 heterocycles. The van der Waals surface area contributed by atoms with Crippen LogP contribution < -0.4 is 10.4 Å². The predicted octanol–water partition coefficient (Wildman–Crippen LogP) is 4.98. The molecule has 2 atom stereocenters. The Kier molecular flexibility index (Phi) is 10.7. The number of hydrogen-bond donors (Lipinski definition) is 4. The summed E-state index contributed by atoms with van der Waals surface area (Å²) >= 11 is 3.37. The Morgan fingerprint density at radius 1 is 0.974 bits per heavy atom. The topological polar surface area (TPSA) is 90.2 Å². The number of halogens is 1. The van der Waals surface area contributed by atoms with E-state index in [0.29, 0.717) is 11.1 Å². The zero-order chi connectivity index (χ0) is 27.8. The molecule has 3 aromatic carbocycles. The zero-order valence-electron chi connectivity index (χ0n) is 22.1. The van der Waals surface area contributed by atoms with Crippen LogP contribution in [0.4, 0.5) is 0 Å². The van der Waals surface area contributed by atoms with Gasteiger partial charge in [-0.05, 0) is 45.3 Å². The number of aliphatic hydroxyl groups is 3. The largest absolute Gasteiger partial charge is 0.508 e. The summed E-state index contributed by atoms with van der Waals surface area (Å²) < 4.78 is 7.73. The van der Waals surface area contributed by atoms with E-state index in [1.807, 2.05) is 36.4 Å². The lowest BCUT2D eigenvalue weighted by atomic mass is 10.0. The SMILES string of the molecule is CC(C)(C)[Si](OCC(=C=CC[C@@H](O)c1cc(Br)ccc1O)C[C@@H](O)CO)(c1ccccc1)c1ccccc1. The lowest BCUT2D eigenvalue weighted by Crippen LogP contribution is -2.66. The molecule has 0 spiro atoms. The Hall–Kier alpha value is -2.48. The number of phenolic OH excluding ortho intramolecular Hbond substituents is 1. The van der Waals surface area contributed by atoms with Gasteiger partial charge in [-0.25, -0.2) is 0 Å². The summed E-state index contributed by atoms with van der Waals surface area (Å²) in [5, 5.41) is 42.6. The number of rotatable bonds is 11. The molecule has 0 fully saturated rings. The maximum Gasteiger partial charge on any atom is 0.261 e. The number of benzene rings is 3. The Morgan fingerprint density at radius 2 is 1.55 bits per heavy atom. The van der Waals surface area contributed by atoms with Gasteiger partial charge in [0.2, 0.25) is 0 Å². The van der Waals surface area contributed by atoms with Crippen LogP contribution in [0.15, 0.2) is 101 Å². The van der Waals surface area contributed by atoms with Crippen LogP contribution in [0.5, 0.6) is 5.75 Å². The molecule has 4 N–H and O–H groups in total. The molecule has 0 radical (unpaired) electrons. The van der Waals surface area contributed by atoms with Crippen molar-refractivity contribution >= 4 is 34.6 Å². The molecule has 7 heteroatoms. The second kappa shape index (κ2) is 13.5. The summed E-state index contributed by atoms with van der Waals surface area (Å²) in [7, 11) is -2.81. The minimum Gasteiger partial charge on any atom is -0.508 e. The molecule has 202 valence electrons. The van der Waals surface area contributed by atoms with Crippen LogP contribution in [0.25, 0.3) is 0 Å². The second-order valence-electron chi connectivity index (χ2n) is 10.4. The van der Waals surface area contributed by atoms with Crippen molar-refractivity contribution in [1.29, 1.82) is 0 Å². The first-order valence-corrected chi connectivity index (χ1v) is 15.4. The summed E-state index contributed by atoms with van der Waals surface area (Å²) in [5.41, 5.74) is 4.31. The Morgan fingerprint density at radius 3 is 2.08 bits per heavy atom. The van der Waals surface area contributed by atoms with Crippen LogP contribution >= 0.6 is 15.9 Å². The molecule has 0 aromatic heterocycles. The van der Waals surface area contributed by atoms with E-state index in [4.69, 9.17) is 4.43 Å². The first-order valence-electron chi connectivity index (χ1n) is 12.7. The summed E-state index contributed by atoms with van der Waals surface area (Å²) in [6.45, 7) is 6.42. The summed E-state index contributed by atoms with van der Waals surface area (Å²) in [4.78, 5) is 0. The Balaban J connectivity index is 1.98. The molecule has 0 saturated heterocycles. The van der Waals surface area contributed by atoms with E-state index >= 15 is 0 Å². The number of hydrogen-bond acceptors (Lipinski definition) is 5. The minimum atomic E-state index is -2.81. The predicted molar refractivity (Wildman–Crippen MR) is 158 cm³/mol. The van der Waals surface area contributed by atoms with Crippen molar-refractivity contribution in [3.05, 3.63) is 106 Å². The third-order valence-electron chi connectivity index (χ3n) is 6.57. The third kappa shape index (κ3) is 7.33. The fourth-order valence-corrected chi connectivity index (χ4v) is 9.62. The van der Waals surface area contributed by atoms with Crippen molar-refractivity contribution in [2.24, 2.45) is 0 Å². The monoisotopic (exact) mass is 596 g/mol. The van der Waals surface area contributed by atoms with E-state index in [1.165, 1.54) is 6.07 Å². The van der Waals surface area contributed by atoms with Crippen molar-refractivity contribution in [3.63, 3.8) is 0 Å². The van der Waals surface area contributed by atoms with Crippen molar-refractivity contribution < 1.29 is 24.9 Å². The second-order valence-corrected chi connectivity index (χ2v) is 15.6. The van der Waals surface area contributed by atoms with Crippen molar-refractivity contribution in [2.45, 2.75) is 50.9 Å². The Bertz CT molecular complexity index is 1190. The van der Waals surface area contributed by atoms with E-state index in [1.54, 1.807) is 18.2 Å². The molecule has 3 aromatic rings. The molecule has 38 heavy (non-hydrogen) atoms. The molecule has 5 nitrogen and oxygen atoms in total. The molecule has 0 bridgehead atoms. The maximum absolute atomic E-state index is 10.7. The normalized spacial score (nSPS) is 13.4. The highest BCUT2D eigenvalue weighted by atomic mass is 79.9. The molecule has 0 aliphatic carbocycles. The zero-order valence-corrected chi connectivity index (χ0v) is 24.7. The van der Waals surface area contributed by atoms with Gasteiger partial charge in [0.25, 0.3) is 8.32 Å². The van der Waals surface area contributed by atoms with Gasteiger partial charge in [-0.1, -0.05) is 97.4 Å². The smallest absolute Gasteiger partial charge is 0.261 e. The number of aliphatic hydroxyl groups excluding tert-OH is 3. The maximum atomic E-state index is 10.7. The highest BCUT2D eigenvalue weighted by Crippen LogP contribution is 2.37. The highest BCUT2D eigenvalue weighted by molar-refractivity contribution is 9.10. The van der Waals surface area contributed by atoms with Crippen LogP contribution in [0.2, 0.25) is 5.04 Å². The molecule has 0 amide bonds. The molecule has 0 saturated carbocycles. The average Bonchev–Trinajstić information content (AvgIpc) is 2.90. The molecular formula is C31H37BrO5Si. The summed E-state index contributed by atoms with van der Waals surface area (Å²) in [5.74, 6) is 0.0176. The van der Waals surface area contributed by atoms with Gasteiger partial charge in [0.05, 0.1) is 25.4 Å². The lowest BCUT2D eigenvalue weighted by Gasteiger charge is -2.43. The van der Waals surface area contributed by atoms with Crippen LogP contribution in [0.1, 0.15) is 45.3 Å². The van der Waals surface area contributed by atoms with Crippen LogP contribution in [-0.4, -0.2) is 48.1 Å². The van der Waals surface area contributed by atoms with Crippen molar-refractivity contribution in [2.75, 3.05) is 13.2 Å². The van der Waals surface area contributed by atoms with E-state index in [2.05, 4.69) is 66.7 Å². The van der Waals surface area contributed by atoms with E-state index < -0.39 is 20.5 Å². The van der Waals surface area contributed by atoms with Crippen LogP contribution in [-0.2, 0) is 4.43 Å². The summed E-state index contributed by atoms with van der Waals surface area (Å²) in [6.07, 6.45) is 0.208. The van der Waals surface area contributed by atoms with Crippen molar-refractivity contribution in [1.82, 2.24) is 0 Å². The van der Waals surface area contributed by atoms with E-state index in [-0.39, 0.29) is 36.8 Å². The summed E-state index contributed by atoms with van der Waals surface area (Å²) in [6, 6.07) is 25.5. The standard InChI is InChI=1S/C31H37BrO5Si/c1-31(2,3)38(26-12-6-4-7-13-26,27-14-8-5-9-15-27)37-22-23(19-25(34)21-33)11-10-16-29(35)28-20-24(32)17-18-30(28)36/h4-10,12-15,17-18,20,25,29,33-36H,16,19,21-22H2,1-3H3/t11?,25-,29-/m1/s1. The quantitative estimate of drug-likeness (QED) is 0.185. The third-order valence-corrected chi connectivity index (χ3v) is 12.0. The minimum absolute atomic E-state index is 0.0176. The fourth-order valence-electron chi connectivity index (χ4n) is 4.70. The first kappa shape index (κ1) is 30.1. The molecule has 0 aliphatic heterocycles. The van der Waals surface area contributed by atoms with Crippen LogP contribution in [0.3, 0.4) is 0 Å². The molecule has 3 rings (SSSR count). The lowest BCUT2D eigenvalue weighted by molar-refractivity contribution is 0.0933. The molecule has 0 aliphatic rings. The van der Waals surface area contributed by atoms with Gasteiger partial charge >= 0.3 is 0 Å². The van der Waals surface area contributed by atoms with Gasteiger partial charge in [0, 0.05) is 22.9 Å². The van der Waals surface area contributed by atoms with Gasteiger partial charge in [-0.2, -0.15) is 0 Å². The first-order chi connectivity index (χ1) is 18.1. The molecular weight excluding hydrogens is 560 g/mol. The van der Waals surface area contributed by atoms with Gasteiger partial charge < -0.3 is 24.9 Å². The van der Waals surface area contributed by atoms with Gasteiger partial charge in [0.15, 0.2) is 0 Å². The Labute approximate surface area is 235 Å². The van der Waals surface area contributed by atoms with Gasteiger partial charge in [-0.15, -0.1) is 5.73 Å². The van der Waals surface area contributed by atoms with Crippen molar-refractivity contribution in [3.8, 4) is 5.75 Å². The fraction of sp³-hybridized carbons (Fsp3) is 0.323. The number of aromatic hydroxyl groups is 1. The van der Waals surface area contributed by atoms with Crippen LogP contribution in [0, 0.1) is 0 Å². The molecule has 0 unspecified atom stereocenters. The van der Waals surface area contributed by atoms with E-state index in [9.17, 15) is 20.4 Å².